The van der Waals surface area contributed by atoms with Gasteiger partial charge in [0.15, 0.2) is 0 Å². The molecule has 2 nitrogen and oxygen atoms in total. The van der Waals surface area contributed by atoms with Crippen molar-refractivity contribution >= 4 is 11.8 Å². The van der Waals surface area contributed by atoms with E-state index in [2.05, 4.69) is 51.2 Å². The van der Waals surface area contributed by atoms with Gasteiger partial charge in [-0.05, 0) is 37.1 Å². The molecule has 1 atom stereocenters. The first kappa shape index (κ1) is 14.6. The maximum Gasteiger partial charge on any atom is 0.0758 e. The zero-order valence-electron chi connectivity index (χ0n) is 11.2. The molecule has 0 spiro atoms. The van der Waals surface area contributed by atoms with Gasteiger partial charge in [0.2, 0.25) is 0 Å². The van der Waals surface area contributed by atoms with Gasteiger partial charge in [-0.25, -0.2) is 0 Å². The normalized spacial score (nSPS) is 13.1. The van der Waals surface area contributed by atoms with Gasteiger partial charge in [-0.3, -0.25) is 0 Å². The van der Waals surface area contributed by atoms with Gasteiger partial charge in [-0.2, -0.15) is 0 Å². The number of aryl methyl sites for hydroxylation is 2. The largest absolute Gasteiger partial charge is 0.391 e. The molecular weight excluding hydrogens is 230 g/mol. The molecule has 0 aliphatic rings. The Hall–Kier alpha value is -0.510. The first-order chi connectivity index (χ1) is 7.99. The smallest absolute Gasteiger partial charge is 0.0758 e. The third-order valence-corrected chi connectivity index (χ3v) is 3.82. The highest BCUT2D eigenvalue weighted by molar-refractivity contribution is 7.99. The molecule has 0 saturated heterocycles. The van der Waals surface area contributed by atoms with Crippen LogP contribution in [0.2, 0.25) is 0 Å². The summed E-state index contributed by atoms with van der Waals surface area (Å²) in [6.45, 7) is 9.07. The van der Waals surface area contributed by atoms with Gasteiger partial charge in [0.25, 0.3) is 0 Å². The van der Waals surface area contributed by atoms with Crippen molar-refractivity contribution in [2.75, 3.05) is 12.3 Å². The summed E-state index contributed by atoms with van der Waals surface area (Å²) in [6, 6.07) is 6.87. The molecule has 1 unspecified atom stereocenters. The number of nitrogens with one attached hydrogen (secondary N) is 1. The van der Waals surface area contributed by atoms with Crippen LogP contribution < -0.4 is 5.32 Å². The van der Waals surface area contributed by atoms with Gasteiger partial charge in [0.1, 0.15) is 0 Å². The van der Waals surface area contributed by atoms with Crippen molar-refractivity contribution in [3.63, 3.8) is 0 Å². The van der Waals surface area contributed by atoms with E-state index in [9.17, 15) is 5.11 Å². The molecule has 17 heavy (non-hydrogen) atoms. The Balaban J connectivity index is 2.36. The highest BCUT2D eigenvalue weighted by Gasteiger charge is 2.06. The van der Waals surface area contributed by atoms with Crippen LogP contribution >= 0.6 is 11.8 Å². The van der Waals surface area contributed by atoms with Gasteiger partial charge in [0.05, 0.1) is 6.10 Å². The molecule has 1 aromatic rings. The second-order valence-electron chi connectivity index (χ2n) is 4.77. The fourth-order valence-corrected chi connectivity index (χ4v) is 2.35. The summed E-state index contributed by atoms with van der Waals surface area (Å²) in [5.74, 6) is 0.738. The molecule has 1 aromatic carbocycles. The monoisotopic (exact) mass is 253 g/mol. The van der Waals surface area contributed by atoms with Crippen LogP contribution in [0.4, 0.5) is 0 Å². The molecule has 2 N–H and O–H groups in total. The van der Waals surface area contributed by atoms with Crippen molar-refractivity contribution in [2.45, 2.75) is 44.7 Å². The number of hydrogen-bond donors (Lipinski definition) is 2. The highest BCUT2D eigenvalue weighted by atomic mass is 32.2. The summed E-state index contributed by atoms with van der Waals surface area (Å²) in [5.41, 5.74) is 2.63. The van der Waals surface area contributed by atoms with E-state index in [0.717, 1.165) is 5.75 Å². The van der Waals surface area contributed by atoms with Crippen molar-refractivity contribution in [1.82, 2.24) is 5.32 Å². The van der Waals surface area contributed by atoms with Crippen LogP contribution in [0.5, 0.6) is 0 Å². The van der Waals surface area contributed by atoms with Gasteiger partial charge < -0.3 is 10.4 Å². The molecule has 0 heterocycles. The number of rotatable bonds is 6. The predicted molar refractivity (Wildman–Crippen MR) is 75.8 cm³/mol. The van der Waals surface area contributed by atoms with E-state index in [1.165, 1.54) is 16.0 Å². The minimum absolute atomic E-state index is 0.288. The molecule has 0 radical (unpaired) electrons. The lowest BCUT2D eigenvalue weighted by Crippen LogP contribution is -2.33. The van der Waals surface area contributed by atoms with E-state index in [1.54, 1.807) is 11.8 Å². The quantitative estimate of drug-likeness (QED) is 0.765. The molecule has 0 amide bonds. The summed E-state index contributed by atoms with van der Waals surface area (Å²) in [7, 11) is 0. The predicted octanol–water partition coefficient (Wildman–Crippen LogP) is 2.75. The van der Waals surface area contributed by atoms with Crippen LogP contribution in [0.25, 0.3) is 0 Å². The van der Waals surface area contributed by atoms with Crippen molar-refractivity contribution in [3.8, 4) is 0 Å². The van der Waals surface area contributed by atoms with Crippen molar-refractivity contribution in [2.24, 2.45) is 0 Å². The zero-order valence-corrected chi connectivity index (χ0v) is 12.0. The summed E-state index contributed by atoms with van der Waals surface area (Å²) >= 11 is 1.71. The number of hydrogen-bond acceptors (Lipinski definition) is 3. The van der Waals surface area contributed by atoms with Crippen molar-refractivity contribution in [1.29, 1.82) is 0 Å². The average Bonchev–Trinajstić information content (AvgIpc) is 2.28. The van der Waals surface area contributed by atoms with E-state index in [1.807, 2.05) is 0 Å². The summed E-state index contributed by atoms with van der Waals surface area (Å²) in [4.78, 5) is 1.23. The van der Waals surface area contributed by atoms with Gasteiger partial charge in [-0.1, -0.05) is 19.9 Å². The Morgan fingerprint density at radius 2 is 1.94 bits per heavy atom. The number of aliphatic hydroxyl groups is 1. The van der Waals surface area contributed by atoms with E-state index in [4.69, 9.17) is 0 Å². The molecule has 1 rings (SSSR count). The second kappa shape index (κ2) is 7.04. The van der Waals surface area contributed by atoms with Crippen LogP contribution in [-0.2, 0) is 0 Å². The first-order valence-electron chi connectivity index (χ1n) is 6.10. The van der Waals surface area contributed by atoms with Gasteiger partial charge in [-0.15, -0.1) is 11.8 Å². The van der Waals surface area contributed by atoms with Crippen LogP contribution in [-0.4, -0.2) is 29.5 Å². The molecule has 0 saturated carbocycles. The fraction of sp³-hybridized carbons (Fsp3) is 0.571. The molecule has 0 aromatic heterocycles. The maximum atomic E-state index is 9.80. The molecule has 3 heteroatoms. The highest BCUT2D eigenvalue weighted by Crippen LogP contribution is 2.21. The Morgan fingerprint density at radius 1 is 1.24 bits per heavy atom. The number of benzene rings is 1. The van der Waals surface area contributed by atoms with Gasteiger partial charge >= 0.3 is 0 Å². The number of thioether (sulfide) groups is 1. The van der Waals surface area contributed by atoms with Crippen LogP contribution in [0.15, 0.2) is 23.1 Å². The van der Waals surface area contributed by atoms with E-state index < -0.39 is 0 Å². The average molecular weight is 253 g/mol. The standard InChI is InChI=1S/C14H23NOS/c1-10(2)15-8-13(16)9-17-14-6-5-11(3)12(4)7-14/h5-7,10,13,15-16H,8-9H2,1-4H3. The third-order valence-electron chi connectivity index (χ3n) is 2.68. The molecule has 0 bridgehead atoms. The molecule has 0 fully saturated rings. The topological polar surface area (TPSA) is 32.3 Å². The lowest BCUT2D eigenvalue weighted by molar-refractivity contribution is 0.192. The number of aliphatic hydroxyl groups excluding tert-OH is 1. The van der Waals surface area contributed by atoms with Crippen molar-refractivity contribution < 1.29 is 5.11 Å². The lowest BCUT2D eigenvalue weighted by Gasteiger charge is -2.14. The Morgan fingerprint density at radius 3 is 2.53 bits per heavy atom. The fourth-order valence-electron chi connectivity index (χ4n) is 1.43. The molecule has 96 valence electrons. The minimum atomic E-state index is -0.288. The van der Waals surface area contributed by atoms with Crippen LogP contribution in [0.3, 0.4) is 0 Å². The van der Waals surface area contributed by atoms with Crippen LogP contribution in [0.1, 0.15) is 25.0 Å². The first-order valence-corrected chi connectivity index (χ1v) is 7.09. The van der Waals surface area contributed by atoms with E-state index >= 15 is 0 Å². The van der Waals surface area contributed by atoms with E-state index in [-0.39, 0.29) is 6.10 Å². The third kappa shape index (κ3) is 5.57. The van der Waals surface area contributed by atoms with Gasteiger partial charge in [0, 0.05) is 23.2 Å². The Kier molecular flexibility index (Phi) is 6.03. The summed E-state index contributed by atoms with van der Waals surface area (Å²) in [5, 5.41) is 13.0. The van der Waals surface area contributed by atoms with Crippen molar-refractivity contribution in [3.05, 3.63) is 29.3 Å². The lowest BCUT2D eigenvalue weighted by atomic mass is 10.1. The van der Waals surface area contributed by atoms with E-state index in [0.29, 0.717) is 12.6 Å². The SMILES string of the molecule is Cc1ccc(SCC(O)CNC(C)C)cc1C. The summed E-state index contributed by atoms with van der Waals surface area (Å²) < 4.78 is 0. The van der Waals surface area contributed by atoms with Crippen LogP contribution in [0, 0.1) is 13.8 Å². The second-order valence-corrected chi connectivity index (χ2v) is 5.87. The summed E-state index contributed by atoms with van der Waals surface area (Å²) in [6.07, 6.45) is -0.288. The maximum absolute atomic E-state index is 9.80. The Labute approximate surface area is 109 Å². The zero-order chi connectivity index (χ0) is 12.8. The Bertz CT molecular complexity index is 352. The molecule has 0 aliphatic heterocycles. The minimum Gasteiger partial charge on any atom is -0.391 e. The molecule has 0 aliphatic carbocycles. The molecular formula is C14H23NOS.